The standard InChI is InChI=1S/C34H46O8/c1-8-9-10-11-12-13-14-20-15-16-21-18(4)32(6)25(28(38)23(21)26(20)36)30(40)34(42)29(39)22(19(5)35)27(37)24(17(2)3)33(34,7)31(32)41/h15-18,24,31,36,38-39,41-42H,8-14H2,1-7H3/t18-,24?,31-,32+,33+,34+/m1/s1. The number of hydrogen-bond donors (Lipinski definition) is 5. The molecule has 1 aromatic carbocycles. The number of carbonyl (C=O) groups excluding carboxylic acids is 3. The molecule has 0 heterocycles. The summed E-state index contributed by atoms with van der Waals surface area (Å²) in [4.78, 5) is 40.7. The Hall–Kier alpha value is -2.97. The molecule has 3 aliphatic rings. The second-order valence-corrected chi connectivity index (χ2v) is 13.4. The minimum Gasteiger partial charge on any atom is -0.508 e. The van der Waals surface area contributed by atoms with E-state index >= 15 is 0 Å². The van der Waals surface area contributed by atoms with E-state index in [1.807, 2.05) is 6.07 Å². The van der Waals surface area contributed by atoms with Gasteiger partial charge in [0.1, 0.15) is 22.8 Å². The molecule has 0 aliphatic heterocycles. The molecule has 230 valence electrons. The number of carbonyl (C=O) groups is 3. The van der Waals surface area contributed by atoms with Crippen molar-refractivity contribution in [3.8, 4) is 5.75 Å². The highest BCUT2D eigenvalue weighted by Gasteiger charge is 2.77. The van der Waals surface area contributed by atoms with Crippen molar-refractivity contribution >= 4 is 23.1 Å². The molecule has 4 rings (SSSR count). The van der Waals surface area contributed by atoms with Crippen LogP contribution in [0.2, 0.25) is 0 Å². The van der Waals surface area contributed by atoms with Crippen LogP contribution in [0.5, 0.6) is 5.75 Å². The second-order valence-electron chi connectivity index (χ2n) is 13.4. The SMILES string of the molecule is CCCCCCCCc1ccc2c(c1O)C(O)=C1C(=O)[C@@]3(O)C(O)=C(C(C)=O)C(=O)C(C(C)C)[C@@]3(C)[C@H](O)[C@@]1(C)[C@@H]2C. The first-order chi connectivity index (χ1) is 19.6. The number of aliphatic hydroxyl groups excluding tert-OH is 3. The van der Waals surface area contributed by atoms with Crippen LogP contribution >= 0.6 is 0 Å². The summed E-state index contributed by atoms with van der Waals surface area (Å²) >= 11 is 0. The van der Waals surface area contributed by atoms with Gasteiger partial charge in [-0.05, 0) is 42.7 Å². The number of Topliss-reactive ketones (excluding diaryl/α,β-unsaturated/α-hetero) is 3. The molecule has 42 heavy (non-hydrogen) atoms. The molecule has 0 spiro atoms. The zero-order chi connectivity index (χ0) is 31.5. The van der Waals surface area contributed by atoms with Gasteiger partial charge in [0.15, 0.2) is 17.2 Å². The Morgan fingerprint density at radius 3 is 2.17 bits per heavy atom. The fraction of sp³-hybridized carbons (Fsp3) is 0.618. The van der Waals surface area contributed by atoms with Gasteiger partial charge in [-0.25, -0.2) is 0 Å². The highest BCUT2D eigenvalue weighted by Crippen LogP contribution is 2.67. The Kier molecular flexibility index (Phi) is 8.33. The third-order valence-corrected chi connectivity index (χ3v) is 10.7. The van der Waals surface area contributed by atoms with Crippen molar-refractivity contribution in [2.24, 2.45) is 22.7 Å². The van der Waals surface area contributed by atoms with E-state index in [4.69, 9.17) is 0 Å². The van der Waals surface area contributed by atoms with E-state index in [-0.39, 0.29) is 16.9 Å². The first-order valence-electron chi connectivity index (χ1n) is 15.3. The number of rotatable bonds is 9. The van der Waals surface area contributed by atoms with Crippen molar-refractivity contribution in [3.05, 3.63) is 45.7 Å². The number of aromatic hydroxyl groups is 1. The number of aliphatic hydroxyl groups is 4. The fourth-order valence-corrected chi connectivity index (χ4v) is 8.27. The van der Waals surface area contributed by atoms with Gasteiger partial charge in [0.05, 0.1) is 17.2 Å². The average molecular weight is 583 g/mol. The Morgan fingerprint density at radius 1 is 1.00 bits per heavy atom. The van der Waals surface area contributed by atoms with Crippen LogP contribution in [0.3, 0.4) is 0 Å². The van der Waals surface area contributed by atoms with E-state index in [0.717, 1.165) is 39.0 Å². The summed E-state index contributed by atoms with van der Waals surface area (Å²) in [6, 6.07) is 3.60. The third kappa shape index (κ3) is 4.04. The largest absolute Gasteiger partial charge is 0.508 e. The van der Waals surface area contributed by atoms with Crippen LogP contribution in [0, 0.1) is 22.7 Å². The molecule has 1 saturated carbocycles. The summed E-state index contributed by atoms with van der Waals surface area (Å²) < 4.78 is 0. The van der Waals surface area contributed by atoms with E-state index < -0.39 is 74.7 Å². The van der Waals surface area contributed by atoms with E-state index in [1.54, 1.807) is 33.8 Å². The zero-order valence-electron chi connectivity index (χ0n) is 25.9. The number of allylic oxidation sites excluding steroid dienone is 1. The molecule has 8 heteroatoms. The van der Waals surface area contributed by atoms with Crippen LogP contribution in [0.4, 0.5) is 0 Å². The lowest BCUT2D eigenvalue weighted by Gasteiger charge is -2.63. The average Bonchev–Trinajstić information content (AvgIpc) is 2.91. The van der Waals surface area contributed by atoms with E-state index in [2.05, 4.69) is 6.92 Å². The van der Waals surface area contributed by atoms with Gasteiger partial charge in [-0.1, -0.05) is 85.8 Å². The minimum atomic E-state index is -2.87. The van der Waals surface area contributed by atoms with Crippen LogP contribution in [0.15, 0.2) is 29.0 Å². The lowest BCUT2D eigenvalue weighted by Crippen LogP contribution is -2.75. The normalized spacial score (nSPS) is 32.7. The molecule has 0 aromatic heterocycles. The van der Waals surface area contributed by atoms with Crippen LogP contribution in [0.1, 0.15) is 110 Å². The number of phenols is 1. The summed E-state index contributed by atoms with van der Waals surface area (Å²) in [7, 11) is 0. The maximum Gasteiger partial charge on any atom is 0.203 e. The van der Waals surface area contributed by atoms with Gasteiger partial charge in [0, 0.05) is 16.7 Å². The molecule has 8 nitrogen and oxygen atoms in total. The maximum absolute atomic E-state index is 14.5. The second kappa shape index (κ2) is 10.9. The number of hydrogen-bond acceptors (Lipinski definition) is 8. The lowest BCUT2D eigenvalue weighted by molar-refractivity contribution is -0.215. The number of aryl methyl sites for hydroxylation is 1. The van der Waals surface area contributed by atoms with Gasteiger partial charge in [-0.3, -0.25) is 14.4 Å². The molecule has 0 radical (unpaired) electrons. The van der Waals surface area contributed by atoms with Gasteiger partial charge in [0.2, 0.25) is 5.78 Å². The Bertz CT molecular complexity index is 1390. The van der Waals surface area contributed by atoms with E-state index in [0.29, 0.717) is 17.5 Å². The van der Waals surface area contributed by atoms with Crippen LogP contribution in [-0.4, -0.2) is 54.6 Å². The van der Waals surface area contributed by atoms with Gasteiger partial charge in [-0.15, -0.1) is 0 Å². The Morgan fingerprint density at radius 2 is 1.60 bits per heavy atom. The first-order valence-corrected chi connectivity index (χ1v) is 15.3. The summed E-state index contributed by atoms with van der Waals surface area (Å²) in [5.41, 5.74) is -6.14. The van der Waals surface area contributed by atoms with Crippen molar-refractivity contribution in [2.45, 2.75) is 111 Å². The van der Waals surface area contributed by atoms with Crippen molar-refractivity contribution in [3.63, 3.8) is 0 Å². The zero-order valence-corrected chi connectivity index (χ0v) is 25.9. The van der Waals surface area contributed by atoms with Crippen molar-refractivity contribution in [1.82, 2.24) is 0 Å². The third-order valence-electron chi connectivity index (χ3n) is 10.7. The molecule has 1 fully saturated rings. The monoisotopic (exact) mass is 582 g/mol. The van der Waals surface area contributed by atoms with Gasteiger partial charge in [0.25, 0.3) is 0 Å². The number of unbranched alkanes of at least 4 members (excludes halogenated alkanes) is 5. The number of benzene rings is 1. The maximum atomic E-state index is 14.5. The number of phenolic OH excluding ortho intramolecular Hbond substituents is 1. The van der Waals surface area contributed by atoms with Gasteiger partial charge < -0.3 is 25.5 Å². The molecule has 3 aliphatic carbocycles. The highest BCUT2D eigenvalue weighted by molar-refractivity contribution is 6.24. The summed E-state index contributed by atoms with van der Waals surface area (Å²) in [5, 5.41) is 58.9. The molecule has 5 N–H and O–H groups in total. The van der Waals surface area contributed by atoms with Crippen LogP contribution in [-0.2, 0) is 20.8 Å². The summed E-state index contributed by atoms with van der Waals surface area (Å²) in [6.07, 6.45) is 5.35. The predicted molar refractivity (Wildman–Crippen MR) is 159 cm³/mol. The molecular formula is C34H46O8. The van der Waals surface area contributed by atoms with E-state index in [1.165, 1.54) is 13.3 Å². The predicted octanol–water partition coefficient (Wildman–Crippen LogP) is 5.62. The molecule has 1 unspecified atom stereocenters. The van der Waals surface area contributed by atoms with Crippen LogP contribution in [0.25, 0.3) is 5.76 Å². The molecule has 0 saturated heterocycles. The Labute approximate surface area is 248 Å². The first kappa shape index (κ1) is 32.0. The minimum absolute atomic E-state index is 0.0637. The fourth-order valence-electron chi connectivity index (χ4n) is 8.27. The van der Waals surface area contributed by atoms with Gasteiger partial charge >= 0.3 is 0 Å². The number of fused-ring (bicyclic) bond motifs is 3. The quantitative estimate of drug-likeness (QED) is 0.186. The molecule has 6 atom stereocenters. The summed E-state index contributed by atoms with van der Waals surface area (Å²) in [5.74, 6) is -6.86. The molecule has 0 bridgehead atoms. The summed E-state index contributed by atoms with van der Waals surface area (Å²) in [6.45, 7) is 11.4. The molecule has 0 amide bonds. The van der Waals surface area contributed by atoms with Gasteiger partial charge in [-0.2, -0.15) is 0 Å². The smallest absolute Gasteiger partial charge is 0.203 e. The molecular weight excluding hydrogens is 536 g/mol. The highest BCUT2D eigenvalue weighted by atomic mass is 16.4. The van der Waals surface area contributed by atoms with E-state index in [9.17, 15) is 39.9 Å². The number of ketones is 3. The lowest BCUT2D eigenvalue weighted by atomic mass is 9.40. The van der Waals surface area contributed by atoms with Crippen molar-refractivity contribution < 1.29 is 39.9 Å². The Balaban J connectivity index is 1.93. The van der Waals surface area contributed by atoms with Crippen molar-refractivity contribution in [1.29, 1.82) is 0 Å². The van der Waals surface area contributed by atoms with Crippen molar-refractivity contribution in [2.75, 3.05) is 0 Å². The van der Waals surface area contributed by atoms with Crippen LogP contribution < -0.4 is 0 Å². The topological polar surface area (TPSA) is 152 Å². The molecule has 1 aromatic rings.